The van der Waals surface area contributed by atoms with Gasteiger partial charge in [0, 0.05) is 39.6 Å². The van der Waals surface area contributed by atoms with Gasteiger partial charge in [0.25, 0.3) is 5.91 Å². The van der Waals surface area contributed by atoms with E-state index in [0.29, 0.717) is 17.1 Å². The van der Waals surface area contributed by atoms with Crippen LogP contribution in [0.5, 0.6) is 5.75 Å². The number of H-pyrrole nitrogens is 1. The lowest BCUT2D eigenvalue weighted by molar-refractivity contribution is 0.0988. The Labute approximate surface area is 190 Å². The normalized spacial score (nSPS) is 15.7. The third-order valence-corrected chi connectivity index (χ3v) is 6.14. The lowest BCUT2D eigenvalue weighted by Gasteiger charge is -2.30. The zero-order valence-corrected chi connectivity index (χ0v) is 18.6. The number of amides is 1. The standard InChI is InChI=1S/C25H24N4O4/c1-25(2,14-30)23-20-21(26-27-23)24(31)29(22(20)17-6-4-5-7-19(17)32-3)16-10-8-15(9-11-16)18-12-13-33-28-18/h4-13,22,30H,14H2,1-3H3,(H,26,27)/t22-/m0/s1. The van der Waals surface area contributed by atoms with Crippen LogP contribution in [0.1, 0.15) is 47.2 Å². The highest BCUT2D eigenvalue weighted by molar-refractivity contribution is 6.11. The van der Waals surface area contributed by atoms with Gasteiger partial charge in [-0.25, -0.2) is 0 Å². The van der Waals surface area contributed by atoms with Gasteiger partial charge in [0.05, 0.1) is 19.8 Å². The number of benzene rings is 2. The molecule has 0 saturated carbocycles. The summed E-state index contributed by atoms with van der Waals surface area (Å²) in [6.07, 6.45) is 1.52. The number of ether oxygens (including phenoxy) is 1. The summed E-state index contributed by atoms with van der Waals surface area (Å²) in [5.41, 5.74) is 4.37. The van der Waals surface area contributed by atoms with Crippen LogP contribution < -0.4 is 9.64 Å². The van der Waals surface area contributed by atoms with Gasteiger partial charge in [0.2, 0.25) is 0 Å². The van der Waals surface area contributed by atoms with Crippen molar-refractivity contribution in [2.45, 2.75) is 25.3 Å². The maximum atomic E-state index is 13.6. The summed E-state index contributed by atoms with van der Waals surface area (Å²) >= 11 is 0. The summed E-state index contributed by atoms with van der Waals surface area (Å²) in [6, 6.07) is 16.5. The first-order chi connectivity index (χ1) is 16.0. The monoisotopic (exact) mass is 444 g/mol. The lowest BCUT2D eigenvalue weighted by Crippen LogP contribution is -2.31. The third-order valence-electron chi connectivity index (χ3n) is 6.14. The molecule has 8 heteroatoms. The number of fused-ring (bicyclic) bond motifs is 1. The number of anilines is 1. The first-order valence-electron chi connectivity index (χ1n) is 10.6. The van der Waals surface area contributed by atoms with Crippen LogP contribution in [0.2, 0.25) is 0 Å². The Bertz CT molecular complexity index is 1290. The number of methoxy groups -OCH3 is 1. The maximum absolute atomic E-state index is 13.6. The first-order valence-corrected chi connectivity index (χ1v) is 10.6. The highest BCUT2D eigenvalue weighted by Gasteiger charge is 2.46. The van der Waals surface area contributed by atoms with Crippen molar-refractivity contribution in [2.75, 3.05) is 18.6 Å². The summed E-state index contributed by atoms with van der Waals surface area (Å²) in [6.45, 7) is 3.74. The van der Waals surface area contributed by atoms with Crippen LogP contribution in [0.15, 0.2) is 65.4 Å². The molecule has 5 rings (SSSR count). The van der Waals surface area contributed by atoms with Crippen molar-refractivity contribution in [3.8, 4) is 17.0 Å². The molecule has 0 spiro atoms. The third kappa shape index (κ3) is 3.30. The minimum atomic E-state index is -0.617. The zero-order chi connectivity index (χ0) is 23.2. The molecule has 0 unspecified atom stereocenters. The van der Waals surface area contributed by atoms with E-state index in [1.165, 1.54) is 6.26 Å². The Morgan fingerprint density at radius 2 is 1.91 bits per heavy atom. The second-order valence-corrected chi connectivity index (χ2v) is 8.65. The molecule has 0 bridgehead atoms. The lowest BCUT2D eigenvalue weighted by atomic mass is 9.84. The minimum Gasteiger partial charge on any atom is -0.496 e. The molecular weight excluding hydrogens is 420 g/mol. The molecule has 3 heterocycles. The van der Waals surface area contributed by atoms with Gasteiger partial charge in [-0.2, -0.15) is 5.10 Å². The summed E-state index contributed by atoms with van der Waals surface area (Å²) in [7, 11) is 1.61. The van der Waals surface area contributed by atoms with E-state index in [4.69, 9.17) is 9.26 Å². The fraction of sp³-hybridized carbons (Fsp3) is 0.240. The molecule has 4 aromatic rings. The molecule has 2 aromatic carbocycles. The molecule has 1 aliphatic heterocycles. The van der Waals surface area contributed by atoms with Crippen molar-refractivity contribution < 1.29 is 19.2 Å². The van der Waals surface area contributed by atoms with Gasteiger partial charge < -0.3 is 14.4 Å². The Morgan fingerprint density at radius 3 is 2.58 bits per heavy atom. The van der Waals surface area contributed by atoms with Crippen LogP contribution in [0.25, 0.3) is 11.3 Å². The average Bonchev–Trinajstić information content (AvgIpc) is 3.57. The molecular formula is C25H24N4O4. The number of para-hydroxylation sites is 1. The van der Waals surface area contributed by atoms with Gasteiger partial charge in [-0.15, -0.1) is 0 Å². The van der Waals surface area contributed by atoms with Crippen LogP contribution in [0, 0.1) is 0 Å². The van der Waals surface area contributed by atoms with Crippen LogP contribution in [-0.4, -0.2) is 40.1 Å². The van der Waals surface area contributed by atoms with Gasteiger partial charge in [-0.1, -0.05) is 49.3 Å². The number of aliphatic hydroxyl groups excluding tert-OH is 1. The Hall–Kier alpha value is -3.91. The summed E-state index contributed by atoms with van der Waals surface area (Å²) < 4.78 is 10.6. The molecule has 33 heavy (non-hydrogen) atoms. The fourth-order valence-electron chi connectivity index (χ4n) is 4.34. The molecule has 0 fully saturated rings. The number of carbonyl (C=O) groups is 1. The van der Waals surface area contributed by atoms with Crippen LogP contribution >= 0.6 is 0 Å². The van der Waals surface area contributed by atoms with Gasteiger partial charge in [0.15, 0.2) is 5.69 Å². The molecule has 1 atom stereocenters. The van der Waals surface area contributed by atoms with E-state index in [2.05, 4.69) is 15.4 Å². The molecule has 0 aliphatic carbocycles. The van der Waals surface area contributed by atoms with E-state index in [0.717, 1.165) is 28.1 Å². The Morgan fingerprint density at radius 1 is 1.15 bits per heavy atom. The summed E-state index contributed by atoms with van der Waals surface area (Å²) in [5.74, 6) is 0.452. The van der Waals surface area contributed by atoms with Gasteiger partial charge >= 0.3 is 0 Å². The summed E-state index contributed by atoms with van der Waals surface area (Å²) in [5, 5.41) is 21.4. The van der Waals surface area contributed by atoms with Crippen molar-refractivity contribution in [1.29, 1.82) is 0 Å². The van der Waals surface area contributed by atoms with E-state index >= 15 is 0 Å². The Kier molecular flexibility index (Phi) is 5.02. The fourth-order valence-corrected chi connectivity index (χ4v) is 4.34. The number of aromatic amines is 1. The van der Waals surface area contributed by atoms with E-state index in [9.17, 15) is 9.90 Å². The molecule has 2 N–H and O–H groups in total. The molecule has 1 aliphatic rings. The highest BCUT2D eigenvalue weighted by atomic mass is 16.5. The van der Waals surface area contributed by atoms with Crippen molar-refractivity contribution in [2.24, 2.45) is 0 Å². The number of aromatic nitrogens is 3. The van der Waals surface area contributed by atoms with E-state index < -0.39 is 11.5 Å². The SMILES string of the molecule is COc1ccccc1[C@H]1c2c(n[nH]c2C(C)(C)CO)C(=O)N1c1ccc(-c2ccon2)cc1. The first kappa shape index (κ1) is 21.0. The quantitative estimate of drug-likeness (QED) is 0.464. The number of rotatable bonds is 6. The average molecular weight is 444 g/mol. The van der Waals surface area contributed by atoms with E-state index in [1.807, 2.05) is 62.4 Å². The van der Waals surface area contributed by atoms with Gasteiger partial charge in [0.1, 0.15) is 17.7 Å². The van der Waals surface area contributed by atoms with Crippen molar-refractivity contribution >= 4 is 11.6 Å². The largest absolute Gasteiger partial charge is 0.496 e. The van der Waals surface area contributed by atoms with Crippen molar-refractivity contribution in [3.63, 3.8) is 0 Å². The number of nitrogens with one attached hydrogen (secondary N) is 1. The molecule has 2 aromatic heterocycles. The van der Waals surface area contributed by atoms with Crippen LogP contribution in [0.4, 0.5) is 5.69 Å². The number of carbonyl (C=O) groups excluding carboxylic acids is 1. The molecule has 0 saturated heterocycles. The molecule has 1 amide bonds. The van der Waals surface area contributed by atoms with Gasteiger partial charge in [-0.05, 0) is 18.2 Å². The second kappa shape index (κ2) is 7.90. The summed E-state index contributed by atoms with van der Waals surface area (Å²) in [4.78, 5) is 15.4. The topological polar surface area (TPSA) is 104 Å². The number of nitrogens with zero attached hydrogens (tertiary/aromatic N) is 3. The number of hydrogen-bond donors (Lipinski definition) is 2. The van der Waals surface area contributed by atoms with Crippen molar-refractivity contribution in [1.82, 2.24) is 15.4 Å². The van der Waals surface area contributed by atoms with Crippen LogP contribution in [-0.2, 0) is 5.41 Å². The Balaban J connectivity index is 1.68. The predicted octanol–water partition coefficient (Wildman–Crippen LogP) is 4.09. The second-order valence-electron chi connectivity index (χ2n) is 8.65. The van der Waals surface area contributed by atoms with Crippen LogP contribution in [0.3, 0.4) is 0 Å². The predicted molar refractivity (Wildman–Crippen MR) is 122 cm³/mol. The molecule has 168 valence electrons. The zero-order valence-electron chi connectivity index (χ0n) is 18.6. The number of aliphatic hydroxyl groups is 1. The van der Waals surface area contributed by atoms with E-state index in [1.54, 1.807) is 18.1 Å². The minimum absolute atomic E-state index is 0.0964. The number of hydrogen-bond acceptors (Lipinski definition) is 6. The van der Waals surface area contributed by atoms with E-state index in [-0.39, 0.29) is 12.5 Å². The molecule has 8 nitrogen and oxygen atoms in total. The highest BCUT2D eigenvalue weighted by Crippen LogP contribution is 2.47. The van der Waals surface area contributed by atoms with Gasteiger partial charge in [-0.3, -0.25) is 14.8 Å². The maximum Gasteiger partial charge on any atom is 0.280 e. The molecule has 0 radical (unpaired) electrons. The van der Waals surface area contributed by atoms with Crippen molar-refractivity contribution in [3.05, 3.63) is 83.4 Å². The smallest absolute Gasteiger partial charge is 0.280 e.